The van der Waals surface area contributed by atoms with E-state index in [9.17, 15) is 0 Å². The fraction of sp³-hybridized carbons (Fsp3) is 0.583. The molecule has 1 aliphatic rings. The Morgan fingerprint density at radius 2 is 2.50 bits per heavy atom. The van der Waals surface area contributed by atoms with Gasteiger partial charge in [0.1, 0.15) is 0 Å². The van der Waals surface area contributed by atoms with Gasteiger partial charge in [-0.15, -0.1) is 0 Å². The van der Waals surface area contributed by atoms with E-state index in [2.05, 4.69) is 16.0 Å². The van der Waals surface area contributed by atoms with Crippen LogP contribution >= 0.6 is 0 Å². The summed E-state index contributed by atoms with van der Waals surface area (Å²) in [6.07, 6.45) is 4.72. The van der Waals surface area contributed by atoms with E-state index in [0.717, 1.165) is 19.5 Å². The molecule has 1 fully saturated rings. The third-order valence-electron chi connectivity index (χ3n) is 3.31. The Labute approximate surface area is 96.1 Å². The van der Waals surface area contributed by atoms with Gasteiger partial charge in [0.2, 0.25) is 0 Å². The normalized spacial score (nSPS) is 23.5. The fourth-order valence-corrected chi connectivity index (χ4v) is 2.36. The van der Waals surface area contributed by atoms with Crippen molar-refractivity contribution in [3.05, 3.63) is 30.1 Å². The lowest BCUT2D eigenvalue weighted by molar-refractivity contribution is 0.200. The van der Waals surface area contributed by atoms with E-state index in [1.165, 1.54) is 5.56 Å². The van der Waals surface area contributed by atoms with Gasteiger partial charge in [-0.05, 0) is 30.5 Å². The summed E-state index contributed by atoms with van der Waals surface area (Å²) >= 11 is 0. The molecule has 2 heterocycles. The van der Waals surface area contributed by atoms with E-state index in [-0.39, 0.29) is 12.6 Å². The second-order valence-electron chi connectivity index (χ2n) is 4.37. The van der Waals surface area contributed by atoms with Gasteiger partial charge < -0.3 is 10.8 Å². The van der Waals surface area contributed by atoms with Crippen LogP contribution in [0.1, 0.15) is 18.0 Å². The summed E-state index contributed by atoms with van der Waals surface area (Å²) in [4.78, 5) is 6.48. The highest BCUT2D eigenvalue weighted by Gasteiger charge is 2.27. The van der Waals surface area contributed by atoms with E-state index in [1.54, 1.807) is 6.20 Å². The van der Waals surface area contributed by atoms with Crippen molar-refractivity contribution in [2.24, 2.45) is 11.7 Å². The molecule has 0 amide bonds. The third-order valence-corrected chi connectivity index (χ3v) is 3.31. The zero-order valence-corrected chi connectivity index (χ0v) is 9.42. The summed E-state index contributed by atoms with van der Waals surface area (Å²) in [5, 5.41) is 9.14. The Morgan fingerprint density at radius 1 is 1.62 bits per heavy atom. The van der Waals surface area contributed by atoms with Crippen LogP contribution in [0.15, 0.2) is 24.5 Å². The maximum atomic E-state index is 9.14. The molecule has 4 heteroatoms. The third kappa shape index (κ3) is 2.40. The second-order valence-corrected chi connectivity index (χ2v) is 4.37. The molecule has 2 unspecified atom stereocenters. The Morgan fingerprint density at radius 3 is 3.06 bits per heavy atom. The number of nitrogens with zero attached hydrogens (tertiary/aromatic N) is 2. The molecular formula is C12H19N3O. The van der Waals surface area contributed by atoms with Crippen LogP contribution < -0.4 is 5.73 Å². The number of aliphatic hydroxyl groups is 1. The molecule has 1 saturated heterocycles. The Bertz CT molecular complexity index is 317. The average molecular weight is 221 g/mol. The van der Waals surface area contributed by atoms with E-state index < -0.39 is 0 Å². The first-order valence-corrected chi connectivity index (χ1v) is 5.80. The molecule has 0 spiro atoms. The lowest BCUT2D eigenvalue weighted by atomic mass is 10.1. The predicted octanol–water partition coefficient (Wildman–Crippen LogP) is 0.396. The Balaban J connectivity index is 2.06. The molecule has 0 aromatic carbocycles. The largest absolute Gasteiger partial charge is 0.396 e. The standard InChI is InChI=1S/C12H19N3O/c13-6-12(11-2-1-4-14-7-11)15-5-3-10(8-15)9-16/h1-2,4,7,10,12,16H,3,5-6,8-9,13H2. The number of rotatable bonds is 4. The number of likely N-dealkylation sites (tertiary alicyclic amines) is 1. The predicted molar refractivity (Wildman–Crippen MR) is 62.8 cm³/mol. The minimum Gasteiger partial charge on any atom is -0.396 e. The lowest BCUT2D eigenvalue weighted by Crippen LogP contribution is -2.32. The average Bonchev–Trinajstić information content (AvgIpc) is 2.80. The fourth-order valence-electron chi connectivity index (χ4n) is 2.36. The topological polar surface area (TPSA) is 62.4 Å². The van der Waals surface area contributed by atoms with E-state index in [1.807, 2.05) is 12.3 Å². The van der Waals surface area contributed by atoms with Gasteiger partial charge in [-0.2, -0.15) is 0 Å². The number of nitrogens with two attached hydrogens (primary N) is 1. The molecule has 0 saturated carbocycles. The monoisotopic (exact) mass is 221 g/mol. The second kappa shape index (κ2) is 5.39. The minimum atomic E-state index is 0.241. The molecule has 88 valence electrons. The molecule has 0 radical (unpaired) electrons. The molecule has 0 aliphatic carbocycles. The van der Waals surface area contributed by atoms with Crippen LogP contribution in [0.4, 0.5) is 0 Å². The number of aromatic nitrogens is 1. The van der Waals surface area contributed by atoms with E-state index >= 15 is 0 Å². The molecule has 4 nitrogen and oxygen atoms in total. The van der Waals surface area contributed by atoms with Gasteiger partial charge in [-0.1, -0.05) is 6.07 Å². The highest BCUT2D eigenvalue weighted by Crippen LogP contribution is 2.26. The minimum absolute atomic E-state index is 0.241. The maximum Gasteiger partial charge on any atom is 0.0485 e. The summed E-state index contributed by atoms with van der Waals surface area (Å²) in [6, 6.07) is 4.25. The summed E-state index contributed by atoms with van der Waals surface area (Å²) < 4.78 is 0. The molecular weight excluding hydrogens is 202 g/mol. The summed E-state index contributed by atoms with van der Waals surface area (Å²) in [6.45, 7) is 2.83. The van der Waals surface area contributed by atoms with Crippen molar-refractivity contribution in [1.29, 1.82) is 0 Å². The Kier molecular flexibility index (Phi) is 3.88. The van der Waals surface area contributed by atoms with Gasteiger partial charge in [0.25, 0.3) is 0 Å². The van der Waals surface area contributed by atoms with Crippen LogP contribution in [-0.4, -0.2) is 41.2 Å². The van der Waals surface area contributed by atoms with Crippen LogP contribution in [-0.2, 0) is 0 Å². The quantitative estimate of drug-likeness (QED) is 0.772. The first kappa shape index (κ1) is 11.5. The van der Waals surface area contributed by atoms with Crippen molar-refractivity contribution in [3.8, 4) is 0 Å². The SMILES string of the molecule is NCC(c1cccnc1)N1CCC(CO)C1. The van der Waals surface area contributed by atoms with Crippen LogP contribution in [0.25, 0.3) is 0 Å². The highest BCUT2D eigenvalue weighted by molar-refractivity contribution is 5.15. The molecule has 1 aromatic heterocycles. The zero-order chi connectivity index (χ0) is 11.4. The molecule has 16 heavy (non-hydrogen) atoms. The van der Waals surface area contributed by atoms with E-state index in [4.69, 9.17) is 10.8 Å². The molecule has 0 bridgehead atoms. The maximum absolute atomic E-state index is 9.14. The molecule has 1 aliphatic heterocycles. The number of hydrogen-bond acceptors (Lipinski definition) is 4. The van der Waals surface area contributed by atoms with Gasteiger partial charge in [-0.25, -0.2) is 0 Å². The zero-order valence-electron chi connectivity index (χ0n) is 9.42. The lowest BCUT2D eigenvalue weighted by Gasteiger charge is -2.26. The van der Waals surface area contributed by atoms with Crippen LogP contribution in [0.2, 0.25) is 0 Å². The van der Waals surface area contributed by atoms with Crippen molar-refractivity contribution in [1.82, 2.24) is 9.88 Å². The molecule has 2 atom stereocenters. The molecule has 2 rings (SSSR count). The summed E-state index contributed by atoms with van der Waals surface area (Å²) in [7, 11) is 0. The van der Waals surface area contributed by atoms with Crippen LogP contribution in [0.3, 0.4) is 0 Å². The van der Waals surface area contributed by atoms with Crippen molar-refractivity contribution in [2.75, 3.05) is 26.2 Å². The number of aliphatic hydroxyl groups excluding tert-OH is 1. The van der Waals surface area contributed by atoms with Gasteiger partial charge in [0, 0.05) is 38.1 Å². The molecule has 1 aromatic rings. The number of hydrogen-bond donors (Lipinski definition) is 2. The first-order valence-electron chi connectivity index (χ1n) is 5.80. The first-order chi connectivity index (χ1) is 7.85. The van der Waals surface area contributed by atoms with Crippen molar-refractivity contribution >= 4 is 0 Å². The van der Waals surface area contributed by atoms with Gasteiger partial charge in [0.05, 0.1) is 0 Å². The Hall–Kier alpha value is -0.970. The van der Waals surface area contributed by atoms with Gasteiger partial charge >= 0.3 is 0 Å². The molecule has 3 N–H and O–H groups in total. The van der Waals surface area contributed by atoms with Crippen LogP contribution in [0, 0.1) is 5.92 Å². The van der Waals surface area contributed by atoms with Crippen LogP contribution in [0.5, 0.6) is 0 Å². The number of pyridine rings is 1. The highest BCUT2D eigenvalue weighted by atomic mass is 16.3. The smallest absolute Gasteiger partial charge is 0.0485 e. The summed E-state index contributed by atoms with van der Waals surface area (Å²) in [5.41, 5.74) is 7.01. The summed E-state index contributed by atoms with van der Waals surface area (Å²) in [5.74, 6) is 0.408. The van der Waals surface area contributed by atoms with Crippen molar-refractivity contribution in [3.63, 3.8) is 0 Å². The van der Waals surface area contributed by atoms with Crippen molar-refractivity contribution < 1.29 is 5.11 Å². The van der Waals surface area contributed by atoms with Gasteiger partial charge in [0.15, 0.2) is 0 Å². The van der Waals surface area contributed by atoms with Crippen molar-refractivity contribution in [2.45, 2.75) is 12.5 Å². The van der Waals surface area contributed by atoms with Gasteiger partial charge in [-0.3, -0.25) is 9.88 Å². The van der Waals surface area contributed by atoms with E-state index in [0.29, 0.717) is 12.5 Å².